The maximum absolute atomic E-state index is 10.5. The summed E-state index contributed by atoms with van der Waals surface area (Å²) in [6.45, 7) is 6.97. The highest BCUT2D eigenvalue weighted by Crippen LogP contribution is 2.53. The quantitative estimate of drug-likeness (QED) is 0.514. The monoisotopic (exact) mass is 360 g/mol. The molecule has 0 saturated heterocycles. The van der Waals surface area contributed by atoms with Crippen LogP contribution in [0, 0.1) is 11.3 Å². The first-order chi connectivity index (χ1) is 12.9. The van der Waals surface area contributed by atoms with Gasteiger partial charge < -0.3 is 0 Å². The Kier molecular flexibility index (Phi) is 5.23. The van der Waals surface area contributed by atoms with Crippen LogP contribution >= 0.6 is 0 Å². The van der Waals surface area contributed by atoms with Gasteiger partial charge in [-0.25, -0.2) is 9.59 Å². The summed E-state index contributed by atoms with van der Waals surface area (Å²) in [6, 6.07) is 15.8. The SMILES string of the molecule is CC1CC(C)(C)CC(c2ccc(N=C=O)cc2)(c2ccc(N=C=O)cc2)C1. The second-order valence-electron chi connectivity index (χ2n) is 8.44. The van der Waals surface area contributed by atoms with Crippen molar-refractivity contribution in [3.05, 3.63) is 59.7 Å². The van der Waals surface area contributed by atoms with Crippen LogP contribution in [-0.2, 0) is 15.0 Å². The van der Waals surface area contributed by atoms with E-state index in [1.807, 2.05) is 24.3 Å². The van der Waals surface area contributed by atoms with Crippen LogP contribution in [-0.4, -0.2) is 12.2 Å². The summed E-state index contributed by atoms with van der Waals surface area (Å²) < 4.78 is 0. The van der Waals surface area contributed by atoms with Crippen molar-refractivity contribution in [2.75, 3.05) is 0 Å². The van der Waals surface area contributed by atoms with Gasteiger partial charge in [0.05, 0.1) is 11.4 Å². The van der Waals surface area contributed by atoms with E-state index in [2.05, 4.69) is 55.0 Å². The molecule has 1 aliphatic carbocycles. The molecule has 1 unspecified atom stereocenters. The molecular formula is C23H24N2O2. The van der Waals surface area contributed by atoms with Crippen molar-refractivity contribution < 1.29 is 9.59 Å². The maximum Gasteiger partial charge on any atom is 0.240 e. The lowest BCUT2D eigenvalue weighted by molar-refractivity contribution is 0.127. The number of rotatable bonds is 4. The van der Waals surface area contributed by atoms with E-state index < -0.39 is 0 Å². The molecule has 4 heteroatoms. The van der Waals surface area contributed by atoms with E-state index in [0.717, 1.165) is 12.8 Å². The molecule has 138 valence electrons. The highest BCUT2D eigenvalue weighted by Gasteiger charge is 2.45. The third-order valence-electron chi connectivity index (χ3n) is 5.57. The second kappa shape index (κ2) is 7.44. The molecule has 0 radical (unpaired) electrons. The number of hydrogen-bond acceptors (Lipinski definition) is 4. The highest BCUT2D eigenvalue weighted by atomic mass is 16.1. The van der Waals surface area contributed by atoms with Gasteiger partial charge in [0.15, 0.2) is 0 Å². The summed E-state index contributed by atoms with van der Waals surface area (Å²) in [5.41, 5.74) is 3.74. The average molecular weight is 360 g/mol. The van der Waals surface area contributed by atoms with Crippen molar-refractivity contribution >= 4 is 23.5 Å². The zero-order valence-electron chi connectivity index (χ0n) is 16.0. The number of benzene rings is 2. The van der Waals surface area contributed by atoms with Gasteiger partial charge >= 0.3 is 0 Å². The predicted octanol–water partition coefficient (Wildman–Crippen LogP) is 5.75. The standard InChI is InChI=1S/C23H24N2O2/c1-17-12-22(2,3)14-23(13-17,18-4-8-20(9-5-18)24-15-26)19-6-10-21(11-7-19)25-16-27/h4-11,17H,12-14H2,1-3H3. The Hall–Kier alpha value is -2.80. The van der Waals surface area contributed by atoms with Crippen LogP contribution in [0.5, 0.6) is 0 Å². The van der Waals surface area contributed by atoms with Crippen molar-refractivity contribution in [3.8, 4) is 0 Å². The Balaban J connectivity index is 2.14. The number of hydrogen-bond donors (Lipinski definition) is 0. The molecule has 1 aliphatic rings. The van der Waals surface area contributed by atoms with Crippen LogP contribution in [0.15, 0.2) is 58.5 Å². The Morgan fingerprint density at radius 2 is 1.26 bits per heavy atom. The van der Waals surface area contributed by atoms with Gasteiger partial charge in [-0.3, -0.25) is 0 Å². The minimum Gasteiger partial charge on any atom is -0.211 e. The van der Waals surface area contributed by atoms with Crippen LogP contribution in [0.4, 0.5) is 11.4 Å². The van der Waals surface area contributed by atoms with Gasteiger partial charge in [0.1, 0.15) is 0 Å². The maximum atomic E-state index is 10.5. The molecule has 1 atom stereocenters. The minimum atomic E-state index is -0.131. The molecule has 0 amide bonds. The van der Waals surface area contributed by atoms with E-state index in [4.69, 9.17) is 0 Å². The number of isocyanates is 2. The zero-order chi connectivity index (χ0) is 19.5. The second-order valence-corrected chi connectivity index (χ2v) is 8.44. The summed E-state index contributed by atoms with van der Waals surface area (Å²) in [6.07, 6.45) is 6.45. The number of carbonyl (C=O) groups excluding carboxylic acids is 2. The van der Waals surface area contributed by atoms with E-state index in [9.17, 15) is 9.59 Å². The molecule has 4 nitrogen and oxygen atoms in total. The first-order valence-corrected chi connectivity index (χ1v) is 9.25. The van der Waals surface area contributed by atoms with Crippen LogP contribution in [0.2, 0.25) is 0 Å². The summed E-state index contributed by atoms with van der Waals surface area (Å²) in [4.78, 5) is 28.5. The van der Waals surface area contributed by atoms with E-state index in [-0.39, 0.29) is 10.8 Å². The minimum absolute atomic E-state index is 0.131. The van der Waals surface area contributed by atoms with Gasteiger partial charge in [-0.2, -0.15) is 9.98 Å². The van der Waals surface area contributed by atoms with Crippen molar-refractivity contribution in [1.82, 2.24) is 0 Å². The van der Waals surface area contributed by atoms with Gasteiger partial charge in [0, 0.05) is 5.41 Å². The molecule has 2 aromatic carbocycles. The van der Waals surface area contributed by atoms with Crippen LogP contribution < -0.4 is 0 Å². The van der Waals surface area contributed by atoms with Gasteiger partial charge in [0.25, 0.3) is 0 Å². The third-order valence-corrected chi connectivity index (χ3v) is 5.57. The summed E-state index contributed by atoms with van der Waals surface area (Å²) in [5.74, 6) is 0.578. The first kappa shape index (κ1) is 19.0. The third kappa shape index (κ3) is 3.98. The normalized spacial score (nSPS) is 23.7. The van der Waals surface area contributed by atoms with Crippen LogP contribution in [0.1, 0.15) is 51.2 Å². The Morgan fingerprint density at radius 3 is 1.63 bits per heavy atom. The van der Waals surface area contributed by atoms with Gasteiger partial charge in [-0.15, -0.1) is 0 Å². The topological polar surface area (TPSA) is 58.9 Å². The van der Waals surface area contributed by atoms with E-state index in [1.165, 1.54) is 17.5 Å². The first-order valence-electron chi connectivity index (χ1n) is 9.25. The molecular weight excluding hydrogens is 336 g/mol. The van der Waals surface area contributed by atoms with E-state index in [1.54, 1.807) is 12.2 Å². The molecule has 0 bridgehead atoms. The van der Waals surface area contributed by atoms with Crippen molar-refractivity contribution in [2.45, 2.75) is 45.4 Å². The Bertz CT molecular complexity index is 839. The number of nitrogens with zero attached hydrogens (tertiary/aromatic N) is 2. The molecule has 2 aromatic rings. The molecule has 1 fully saturated rings. The predicted molar refractivity (Wildman–Crippen MR) is 106 cm³/mol. The Morgan fingerprint density at radius 1 is 0.815 bits per heavy atom. The smallest absolute Gasteiger partial charge is 0.211 e. The lowest BCUT2D eigenvalue weighted by atomic mass is 9.55. The molecule has 0 N–H and O–H groups in total. The molecule has 0 aromatic heterocycles. The summed E-state index contributed by atoms with van der Waals surface area (Å²) >= 11 is 0. The van der Waals surface area contributed by atoms with Crippen molar-refractivity contribution in [1.29, 1.82) is 0 Å². The summed E-state index contributed by atoms with van der Waals surface area (Å²) in [7, 11) is 0. The van der Waals surface area contributed by atoms with Crippen molar-refractivity contribution in [2.24, 2.45) is 21.3 Å². The summed E-state index contributed by atoms with van der Waals surface area (Å²) in [5, 5.41) is 0. The van der Waals surface area contributed by atoms with Crippen LogP contribution in [0.3, 0.4) is 0 Å². The van der Waals surface area contributed by atoms with E-state index in [0.29, 0.717) is 17.3 Å². The molecule has 1 saturated carbocycles. The molecule has 0 aliphatic heterocycles. The molecule has 3 rings (SSSR count). The zero-order valence-corrected chi connectivity index (χ0v) is 16.0. The van der Waals surface area contributed by atoms with Crippen LogP contribution in [0.25, 0.3) is 0 Å². The van der Waals surface area contributed by atoms with Crippen molar-refractivity contribution in [3.63, 3.8) is 0 Å². The van der Waals surface area contributed by atoms with Gasteiger partial charge in [-0.1, -0.05) is 45.0 Å². The van der Waals surface area contributed by atoms with Gasteiger partial charge in [-0.05, 0) is 66.0 Å². The highest BCUT2D eigenvalue weighted by molar-refractivity contribution is 5.54. The number of aliphatic imine (C=N–C) groups is 2. The largest absolute Gasteiger partial charge is 0.240 e. The fourth-order valence-corrected chi connectivity index (χ4v) is 4.99. The van der Waals surface area contributed by atoms with E-state index >= 15 is 0 Å². The molecule has 0 spiro atoms. The molecule has 27 heavy (non-hydrogen) atoms. The fourth-order valence-electron chi connectivity index (χ4n) is 4.99. The molecule has 0 heterocycles. The fraction of sp³-hybridized carbons (Fsp3) is 0.391. The van der Waals surface area contributed by atoms with Gasteiger partial charge in [0.2, 0.25) is 12.2 Å². The lowest BCUT2D eigenvalue weighted by Crippen LogP contribution is -2.41. The Labute approximate surface area is 160 Å². The lowest BCUT2D eigenvalue weighted by Gasteiger charge is -2.48. The average Bonchev–Trinajstić information content (AvgIpc) is 2.62.